The van der Waals surface area contributed by atoms with Crippen LogP contribution < -0.4 is 0 Å². The fourth-order valence-corrected chi connectivity index (χ4v) is 1.51. The first-order valence-electron chi connectivity index (χ1n) is 6.96. The van der Waals surface area contributed by atoms with E-state index in [1.165, 1.54) is 12.8 Å². The summed E-state index contributed by atoms with van der Waals surface area (Å²) in [6.45, 7) is 22.8. The van der Waals surface area contributed by atoms with E-state index in [9.17, 15) is 0 Å². The van der Waals surface area contributed by atoms with Crippen molar-refractivity contribution in [3.63, 3.8) is 0 Å². The average Bonchev–Trinajstić information content (AvgIpc) is 2.02. The highest BCUT2D eigenvalue weighted by atomic mass is 14.3. The maximum Gasteiger partial charge on any atom is -0.0354 e. The molecule has 0 aliphatic heterocycles. The van der Waals surface area contributed by atoms with Gasteiger partial charge in [0.25, 0.3) is 0 Å². The van der Waals surface area contributed by atoms with Crippen molar-refractivity contribution in [1.82, 2.24) is 0 Å². The van der Waals surface area contributed by atoms with Gasteiger partial charge in [-0.15, -0.1) is 0 Å². The quantitative estimate of drug-likeness (QED) is 0.531. The lowest BCUT2D eigenvalue weighted by molar-refractivity contribution is 0.226. The van der Waals surface area contributed by atoms with E-state index in [2.05, 4.69) is 69.2 Å². The Hall–Kier alpha value is 0. The standard InChI is InChI=1S/C9H20.C7H16/c1-6-8(7-2)9(3,4)5;1-6(2)7(3,4)5/h8H,6-7H2,1-5H3;6H,1-5H3. The first kappa shape index (κ1) is 18.4. The van der Waals surface area contributed by atoms with Gasteiger partial charge in [-0.2, -0.15) is 0 Å². The summed E-state index contributed by atoms with van der Waals surface area (Å²) in [5, 5.41) is 0. The molecule has 0 amide bonds. The van der Waals surface area contributed by atoms with Crippen molar-refractivity contribution in [2.45, 2.75) is 82.1 Å². The summed E-state index contributed by atoms with van der Waals surface area (Å²) in [4.78, 5) is 0. The van der Waals surface area contributed by atoms with Crippen LogP contribution in [0.3, 0.4) is 0 Å². The zero-order valence-corrected chi connectivity index (χ0v) is 13.6. The second kappa shape index (κ2) is 7.35. The fourth-order valence-electron chi connectivity index (χ4n) is 1.51. The van der Waals surface area contributed by atoms with Gasteiger partial charge in [-0.1, -0.05) is 82.1 Å². The van der Waals surface area contributed by atoms with Crippen LogP contribution >= 0.6 is 0 Å². The summed E-state index contributed by atoms with van der Waals surface area (Å²) < 4.78 is 0. The molecule has 0 aromatic rings. The minimum absolute atomic E-state index is 0.500. The molecule has 0 heterocycles. The van der Waals surface area contributed by atoms with Crippen LogP contribution in [0.5, 0.6) is 0 Å². The van der Waals surface area contributed by atoms with Gasteiger partial charge < -0.3 is 0 Å². The second-order valence-corrected chi connectivity index (χ2v) is 7.40. The Balaban J connectivity index is 0. The molecule has 0 saturated carbocycles. The molecule has 0 radical (unpaired) electrons. The molecule has 0 aromatic carbocycles. The molecule has 0 unspecified atom stereocenters. The average molecular weight is 228 g/mol. The third kappa shape index (κ3) is 9.24. The molecule has 0 aromatic heterocycles. The molecule has 0 saturated heterocycles. The third-order valence-corrected chi connectivity index (χ3v) is 3.94. The third-order valence-electron chi connectivity index (χ3n) is 3.94. The van der Waals surface area contributed by atoms with E-state index in [4.69, 9.17) is 0 Å². The normalized spacial score (nSPS) is 12.8. The highest BCUT2D eigenvalue weighted by Crippen LogP contribution is 2.30. The van der Waals surface area contributed by atoms with E-state index in [1.807, 2.05) is 0 Å². The van der Waals surface area contributed by atoms with Crippen LogP contribution in [0.1, 0.15) is 82.1 Å². The van der Waals surface area contributed by atoms with E-state index in [0.717, 1.165) is 11.8 Å². The molecular formula is C16H36. The molecule has 0 fully saturated rings. The Bertz CT molecular complexity index is 148. The summed E-state index contributed by atoms with van der Waals surface area (Å²) in [5.41, 5.74) is 1.02. The molecule has 0 heteroatoms. The molecule has 16 heavy (non-hydrogen) atoms. The highest BCUT2D eigenvalue weighted by molar-refractivity contribution is 4.70. The van der Waals surface area contributed by atoms with E-state index in [1.54, 1.807) is 0 Å². The summed E-state index contributed by atoms with van der Waals surface area (Å²) >= 11 is 0. The second-order valence-electron chi connectivity index (χ2n) is 7.40. The molecule has 0 atom stereocenters. The van der Waals surface area contributed by atoms with Gasteiger partial charge in [-0.3, -0.25) is 0 Å². The number of hydrogen-bond acceptors (Lipinski definition) is 0. The van der Waals surface area contributed by atoms with E-state index >= 15 is 0 Å². The molecule has 0 aliphatic rings. The summed E-state index contributed by atoms with van der Waals surface area (Å²) in [7, 11) is 0. The van der Waals surface area contributed by atoms with Crippen LogP contribution in [-0.4, -0.2) is 0 Å². The van der Waals surface area contributed by atoms with Crippen molar-refractivity contribution in [1.29, 1.82) is 0 Å². The molecule has 0 rings (SSSR count). The predicted molar refractivity (Wildman–Crippen MR) is 77.8 cm³/mol. The van der Waals surface area contributed by atoms with Crippen molar-refractivity contribution >= 4 is 0 Å². The molecular weight excluding hydrogens is 192 g/mol. The van der Waals surface area contributed by atoms with Crippen LogP contribution in [0.15, 0.2) is 0 Å². The number of hydrogen-bond donors (Lipinski definition) is 0. The first-order valence-corrected chi connectivity index (χ1v) is 6.96. The SMILES string of the molecule is CC(C)C(C)(C)C.CCC(CC)C(C)(C)C. The van der Waals surface area contributed by atoms with Gasteiger partial charge in [0.05, 0.1) is 0 Å². The van der Waals surface area contributed by atoms with Crippen LogP contribution in [0.2, 0.25) is 0 Å². The van der Waals surface area contributed by atoms with Gasteiger partial charge in [-0.05, 0) is 22.7 Å². The van der Waals surface area contributed by atoms with Crippen LogP contribution in [0.25, 0.3) is 0 Å². The molecule has 0 nitrogen and oxygen atoms in total. The Labute approximate surface area is 105 Å². The minimum atomic E-state index is 0.500. The lowest BCUT2D eigenvalue weighted by Crippen LogP contribution is -2.18. The van der Waals surface area contributed by atoms with Crippen molar-refractivity contribution in [2.24, 2.45) is 22.7 Å². The van der Waals surface area contributed by atoms with Crippen molar-refractivity contribution in [2.75, 3.05) is 0 Å². The maximum absolute atomic E-state index is 2.32. The zero-order valence-electron chi connectivity index (χ0n) is 13.6. The predicted octanol–water partition coefficient (Wildman–Crippen LogP) is 6.16. The summed E-state index contributed by atoms with van der Waals surface area (Å²) in [6.07, 6.45) is 2.64. The highest BCUT2D eigenvalue weighted by Gasteiger charge is 2.20. The van der Waals surface area contributed by atoms with E-state index in [0.29, 0.717) is 10.8 Å². The van der Waals surface area contributed by atoms with Gasteiger partial charge in [0.1, 0.15) is 0 Å². The van der Waals surface area contributed by atoms with Crippen molar-refractivity contribution < 1.29 is 0 Å². The molecule has 0 N–H and O–H groups in total. The van der Waals surface area contributed by atoms with E-state index in [-0.39, 0.29) is 0 Å². The van der Waals surface area contributed by atoms with Crippen LogP contribution in [-0.2, 0) is 0 Å². The summed E-state index contributed by atoms with van der Waals surface area (Å²) in [5.74, 6) is 1.70. The van der Waals surface area contributed by atoms with Gasteiger partial charge in [0.2, 0.25) is 0 Å². The van der Waals surface area contributed by atoms with Crippen molar-refractivity contribution in [3.05, 3.63) is 0 Å². The molecule has 100 valence electrons. The zero-order chi connectivity index (χ0) is 13.6. The smallest absolute Gasteiger partial charge is 0.0354 e. The molecule has 0 bridgehead atoms. The van der Waals surface area contributed by atoms with Gasteiger partial charge >= 0.3 is 0 Å². The Morgan fingerprint density at radius 2 is 0.938 bits per heavy atom. The Morgan fingerprint density at radius 1 is 0.688 bits per heavy atom. The first-order chi connectivity index (χ1) is 6.96. The lowest BCUT2D eigenvalue weighted by Gasteiger charge is -2.28. The van der Waals surface area contributed by atoms with Gasteiger partial charge in [0.15, 0.2) is 0 Å². The minimum Gasteiger partial charge on any atom is -0.0651 e. The molecule has 0 aliphatic carbocycles. The van der Waals surface area contributed by atoms with Crippen LogP contribution in [0, 0.1) is 22.7 Å². The van der Waals surface area contributed by atoms with Crippen LogP contribution in [0.4, 0.5) is 0 Å². The fraction of sp³-hybridized carbons (Fsp3) is 1.00. The monoisotopic (exact) mass is 228 g/mol. The van der Waals surface area contributed by atoms with Gasteiger partial charge in [-0.25, -0.2) is 0 Å². The largest absolute Gasteiger partial charge is 0.0651 e. The van der Waals surface area contributed by atoms with Gasteiger partial charge in [0, 0.05) is 0 Å². The van der Waals surface area contributed by atoms with E-state index < -0.39 is 0 Å². The summed E-state index contributed by atoms with van der Waals surface area (Å²) in [6, 6.07) is 0. The topological polar surface area (TPSA) is 0 Å². The Morgan fingerprint density at radius 3 is 0.938 bits per heavy atom. The maximum atomic E-state index is 2.32. The lowest BCUT2D eigenvalue weighted by atomic mass is 9.78. The molecule has 0 spiro atoms. The Kier molecular flexibility index (Phi) is 8.44. The van der Waals surface area contributed by atoms with Crippen molar-refractivity contribution in [3.8, 4) is 0 Å². The number of rotatable bonds is 2.